The van der Waals surface area contributed by atoms with Crippen LogP contribution >= 0.6 is 0 Å². The van der Waals surface area contributed by atoms with Gasteiger partial charge in [0.2, 0.25) is 0 Å². The van der Waals surface area contributed by atoms with Crippen LogP contribution in [0.3, 0.4) is 0 Å². The van der Waals surface area contributed by atoms with Gasteiger partial charge in [-0.1, -0.05) is 0 Å². The largest absolute Gasteiger partial charge is 0 e. The van der Waals surface area contributed by atoms with E-state index in [0.717, 1.165) is 12.1 Å². The molecule has 1 aromatic rings. The minimum absolute atomic E-state index is 0. The summed E-state index contributed by atoms with van der Waals surface area (Å²) in [5.74, 6) is -3.33. The van der Waals surface area contributed by atoms with E-state index in [1.807, 2.05) is 0 Å². The molecule has 7 heteroatoms. The van der Waals surface area contributed by atoms with Gasteiger partial charge in [0.05, 0.1) is 5.56 Å². The summed E-state index contributed by atoms with van der Waals surface area (Å²) < 4.78 is 0. The van der Waals surface area contributed by atoms with Crippen LogP contribution in [0.15, 0.2) is 12.1 Å². The van der Waals surface area contributed by atoms with Gasteiger partial charge < -0.3 is 20.4 Å². The van der Waals surface area contributed by atoms with E-state index in [1.165, 1.54) is 0 Å². The number of hydrogen-bond acceptors (Lipinski definition) is 4. The number of carbonyl (C=O) groups is 1. The van der Waals surface area contributed by atoms with E-state index in [-0.39, 0.29) is 78.9 Å². The number of hydrogen-bond donors (Lipinski definition) is 4. The summed E-state index contributed by atoms with van der Waals surface area (Å²) in [5, 5.41) is 35.0. The second-order valence-electron chi connectivity index (χ2n) is 2.17. The summed E-state index contributed by atoms with van der Waals surface area (Å²) in [6.45, 7) is 0. The predicted octanol–water partition coefficient (Wildman–Crippen LogP) is -0.415. The number of benzene rings is 1. The number of aromatic carboxylic acids is 1. The van der Waals surface area contributed by atoms with Crippen LogP contribution in [0.4, 0.5) is 0 Å². The van der Waals surface area contributed by atoms with Crippen LogP contribution in [-0.2, 0) is 0 Å². The first-order valence-corrected chi connectivity index (χ1v) is 3.00. The van der Waals surface area contributed by atoms with Crippen molar-refractivity contribution >= 4 is 43.7 Å². The summed E-state index contributed by atoms with van der Waals surface area (Å²) in [6, 6.07) is 1.69. The van der Waals surface area contributed by atoms with E-state index in [4.69, 9.17) is 20.4 Å². The molecule has 4 N–H and O–H groups in total. The third kappa shape index (κ3) is 3.96. The van der Waals surface area contributed by atoms with E-state index in [9.17, 15) is 4.79 Å². The van der Waals surface area contributed by atoms with Crippen LogP contribution in [0.2, 0.25) is 0 Å². The zero-order valence-corrected chi connectivity index (χ0v) is 10.1. The minimum Gasteiger partial charge on any atom is 0 e. The standard InChI is InChI=1S/C7H6O5.Ca.La.2H/c8-4-1-3(7(11)12)2-5(9)6(4)10;;;;/h1-2,8-10H,(H,11,12);;;;. The van der Waals surface area contributed by atoms with Gasteiger partial charge >= 0.3 is 43.7 Å². The minimum atomic E-state index is -1.29. The summed E-state index contributed by atoms with van der Waals surface area (Å²) in [7, 11) is 0. The van der Waals surface area contributed by atoms with Crippen LogP contribution in [-0.4, -0.2) is 64.1 Å². The van der Waals surface area contributed by atoms with E-state index in [2.05, 4.69) is 0 Å². The summed E-state index contributed by atoms with van der Waals surface area (Å²) in [4.78, 5) is 10.3. The fraction of sp³-hybridized carbons (Fsp3) is 0. The maximum Gasteiger partial charge on any atom is 0 e. The molecule has 0 unspecified atom stereocenters. The van der Waals surface area contributed by atoms with Crippen LogP contribution in [0, 0.1) is 35.6 Å². The molecule has 0 amide bonds. The molecule has 0 saturated carbocycles. The Kier molecular flexibility index (Phi) is 8.39. The van der Waals surface area contributed by atoms with Crippen molar-refractivity contribution in [1.29, 1.82) is 0 Å². The Morgan fingerprint density at radius 2 is 1.43 bits per heavy atom. The van der Waals surface area contributed by atoms with Crippen molar-refractivity contribution < 1.29 is 60.8 Å². The fourth-order valence-electron chi connectivity index (χ4n) is 0.728. The van der Waals surface area contributed by atoms with Gasteiger partial charge in [-0.15, -0.1) is 0 Å². The number of carboxylic acids is 1. The van der Waals surface area contributed by atoms with Crippen molar-refractivity contribution in [2.45, 2.75) is 0 Å². The van der Waals surface area contributed by atoms with Crippen molar-refractivity contribution in [3.8, 4) is 17.2 Å². The molecule has 0 bridgehead atoms. The van der Waals surface area contributed by atoms with Gasteiger partial charge in [0, 0.05) is 35.6 Å². The molecule has 14 heavy (non-hydrogen) atoms. The van der Waals surface area contributed by atoms with Gasteiger partial charge in [-0.3, -0.25) is 0 Å². The molecule has 0 fully saturated rings. The molecule has 0 atom stereocenters. The molecule has 0 aromatic heterocycles. The average Bonchev–Trinajstić information content (AvgIpc) is 1.99. The number of aromatic hydroxyl groups is 3. The predicted molar refractivity (Wildman–Crippen MR) is 46.9 cm³/mol. The monoisotopic (exact) mass is 351 g/mol. The van der Waals surface area contributed by atoms with Gasteiger partial charge in [-0.05, 0) is 12.1 Å². The van der Waals surface area contributed by atoms with Gasteiger partial charge in [-0.2, -0.15) is 0 Å². The maximum atomic E-state index is 10.3. The number of phenolic OH excluding ortho intramolecular Hbond substituents is 3. The van der Waals surface area contributed by atoms with Crippen LogP contribution < -0.4 is 0 Å². The van der Waals surface area contributed by atoms with Gasteiger partial charge in [0.15, 0.2) is 17.2 Å². The Balaban J connectivity index is 0. The summed E-state index contributed by atoms with van der Waals surface area (Å²) in [5.41, 5.74) is -0.289. The fourth-order valence-corrected chi connectivity index (χ4v) is 0.728. The van der Waals surface area contributed by atoms with Crippen LogP contribution in [0.25, 0.3) is 0 Å². The Hall–Kier alpha value is 0.545. The summed E-state index contributed by atoms with van der Waals surface area (Å²) >= 11 is 0. The Labute approximate surface area is 137 Å². The van der Waals surface area contributed by atoms with Crippen LogP contribution in [0.1, 0.15) is 10.4 Å². The van der Waals surface area contributed by atoms with Gasteiger partial charge in [0.25, 0.3) is 0 Å². The molecule has 1 radical (unpaired) electrons. The van der Waals surface area contributed by atoms with E-state index < -0.39 is 23.2 Å². The Morgan fingerprint density at radius 1 is 1.07 bits per heavy atom. The van der Waals surface area contributed by atoms with Crippen molar-refractivity contribution in [1.82, 2.24) is 0 Å². The van der Waals surface area contributed by atoms with E-state index >= 15 is 0 Å². The van der Waals surface area contributed by atoms with E-state index in [0.29, 0.717) is 0 Å². The first-order chi connectivity index (χ1) is 5.52. The third-order valence-electron chi connectivity index (χ3n) is 1.32. The molecule has 0 heterocycles. The van der Waals surface area contributed by atoms with Crippen LogP contribution in [0.5, 0.6) is 17.2 Å². The van der Waals surface area contributed by atoms with Crippen molar-refractivity contribution in [3.05, 3.63) is 17.7 Å². The first kappa shape index (κ1) is 17.0. The summed E-state index contributed by atoms with van der Waals surface area (Å²) in [6.07, 6.45) is 0. The first-order valence-electron chi connectivity index (χ1n) is 3.00. The molecule has 0 aliphatic heterocycles. The zero-order valence-electron chi connectivity index (χ0n) is 6.43. The maximum absolute atomic E-state index is 10.3. The molecule has 71 valence electrons. The second kappa shape index (κ2) is 6.92. The average molecular weight is 351 g/mol. The topological polar surface area (TPSA) is 98.0 Å². The van der Waals surface area contributed by atoms with Gasteiger partial charge in [-0.25, -0.2) is 4.79 Å². The quantitative estimate of drug-likeness (QED) is 0.407. The molecule has 0 aliphatic rings. The second-order valence-corrected chi connectivity index (χ2v) is 2.17. The number of rotatable bonds is 1. The Bertz CT molecular complexity index is 318. The molecular formula is C7H8CaLaO5. The zero-order chi connectivity index (χ0) is 9.30. The molecule has 5 nitrogen and oxygen atoms in total. The third-order valence-corrected chi connectivity index (χ3v) is 1.32. The molecule has 0 aliphatic carbocycles. The molecule has 1 aromatic carbocycles. The number of phenols is 3. The smallest absolute Gasteiger partial charge is 0 e. The van der Waals surface area contributed by atoms with E-state index in [1.54, 1.807) is 0 Å². The molecule has 0 spiro atoms. The Morgan fingerprint density at radius 3 is 1.71 bits per heavy atom. The molecule has 1 rings (SSSR count). The number of carboxylic acid groups (broad SMARTS) is 1. The van der Waals surface area contributed by atoms with Crippen molar-refractivity contribution in [3.63, 3.8) is 0 Å². The molecular weight excluding hydrogens is 343 g/mol. The SMILES string of the molecule is O=C(O)c1cc(O)c(O)c(O)c1.[CaH2].[La]. The van der Waals surface area contributed by atoms with Crippen molar-refractivity contribution in [2.24, 2.45) is 0 Å². The van der Waals surface area contributed by atoms with Gasteiger partial charge in [0.1, 0.15) is 0 Å². The normalized spacial score (nSPS) is 8.29. The molecule has 0 saturated heterocycles. The van der Waals surface area contributed by atoms with Crippen molar-refractivity contribution in [2.75, 3.05) is 0 Å².